The van der Waals surface area contributed by atoms with Crippen LogP contribution in [0.4, 0.5) is 10.5 Å². The molecule has 1 unspecified atom stereocenters. The topological polar surface area (TPSA) is 79.9 Å². The molecule has 2 N–H and O–H groups in total. The molecule has 0 aromatic heterocycles. The molecule has 3 rings (SSSR count). The Morgan fingerprint density at radius 3 is 2.58 bits per heavy atom. The molecule has 2 amide bonds. The molecule has 7 nitrogen and oxygen atoms in total. The van der Waals surface area contributed by atoms with Crippen LogP contribution in [0.1, 0.15) is 51.0 Å². The van der Waals surface area contributed by atoms with Gasteiger partial charge in [0.1, 0.15) is 0 Å². The third kappa shape index (κ3) is 6.17. The van der Waals surface area contributed by atoms with Crippen molar-refractivity contribution in [2.75, 3.05) is 38.8 Å². The highest BCUT2D eigenvalue weighted by Crippen LogP contribution is 2.39. The summed E-state index contributed by atoms with van der Waals surface area (Å²) >= 11 is 0.921. The van der Waals surface area contributed by atoms with Crippen LogP contribution < -0.4 is 25.0 Å². The lowest BCUT2D eigenvalue weighted by atomic mass is 10.1. The zero-order valence-corrected chi connectivity index (χ0v) is 19.5. The fourth-order valence-electron chi connectivity index (χ4n) is 4.02. The monoisotopic (exact) mass is 447 g/mol. The highest BCUT2D eigenvalue weighted by atomic mass is 32.2. The third-order valence-corrected chi connectivity index (χ3v) is 6.51. The van der Waals surface area contributed by atoms with Crippen LogP contribution in [0.15, 0.2) is 17.0 Å². The number of hydrogen-bond acceptors (Lipinski definition) is 7. The molecule has 31 heavy (non-hydrogen) atoms. The largest absolute Gasteiger partial charge is 0.493 e. The van der Waals surface area contributed by atoms with E-state index < -0.39 is 0 Å². The standard InChI is InChI=1S/C23H33N3O4S/c1-4-5-6-7-8-10-24-17-9-11-26(15-17)18-14-20(30-3)19(29-2)12-16(18)13-21-22(27)25-23(28)31-21/h12-14,17,24H,4-11,15H2,1-3H3,(H,25,27,28). The van der Waals surface area contributed by atoms with Gasteiger partial charge in [-0.05, 0) is 43.3 Å². The number of rotatable bonds is 11. The van der Waals surface area contributed by atoms with E-state index in [9.17, 15) is 9.59 Å². The Bertz CT molecular complexity index is 827. The lowest BCUT2D eigenvalue weighted by Gasteiger charge is -2.23. The summed E-state index contributed by atoms with van der Waals surface area (Å²) in [6.07, 6.45) is 9.21. The van der Waals surface area contributed by atoms with Crippen molar-refractivity contribution in [3.63, 3.8) is 0 Å². The zero-order chi connectivity index (χ0) is 22.2. The number of imide groups is 1. The van der Waals surface area contributed by atoms with Crippen LogP contribution >= 0.6 is 11.8 Å². The Morgan fingerprint density at radius 1 is 1.16 bits per heavy atom. The first kappa shape index (κ1) is 23.5. The normalized spacial score (nSPS) is 19.9. The molecule has 0 aliphatic carbocycles. The molecule has 2 saturated heterocycles. The SMILES string of the molecule is CCCCCCCNC1CCN(c2cc(OC)c(OC)cc2C=C2SC(=O)NC2=O)C1. The Balaban J connectivity index is 1.73. The number of hydrogen-bond donors (Lipinski definition) is 2. The van der Waals surface area contributed by atoms with Crippen LogP contribution in [0.3, 0.4) is 0 Å². The first-order chi connectivity index (χ1) is 15.0. The van der Waals surface area contributed by atoms with Crippen molar-refractivity contribution >= 4 is 34.7 Å². The van der Waals surface area contributed by atoms with E-state index in [0.29, 0.717) is 22.4 Å². The molecule has 0 spiro atoms. The van der Waals surface area contributed by atoms with Crippen LogP contribution in [0, 0.1) is 0 Å². The highest BCUT2D eigenvalue weighted by molar-refractivity contribution is 8.18. The number of nitrogens with one attached hydrogen (secondary N) is 2. The number of carbonyl (C=O) groups excluding carboxylic acids is 2. The predicted octanol–water partition coefficient (Wildman–Crippen LogP) is 4.17. The number of nitrogens with zero attached hydrogens (tertiary/aromatic N) is 1. The molecule has 1 aromatic carbocycles. The summed E-state index contributed by atoms with van der Waals surface area (Å²) in [5, 5.41) is 5.66. The number of thioether (sulfide) groups is 1. The number of methoxy groups -OCH3 is 2. The van der Waals surface area contributed by atoms with E-state index in [1.807, 2.05) is 12.1 Å². The zero-order valence-electron chi connectivity index (χ0n) is 18.7. The summed E-state index contributed by atoms with van der Waals surface area (Å²) in [7, 11) is 3.21. The Kier molecular flexibility index (Phi) is 8.66. The van der Waals surface area contributed by atoms with Gasteiger partial charge in [0, 0.05) is 36.4 Å². The van der Waals surface area contributed by atoms with Gasteiger partial charge in [0.25, 0.3) is 11.1 Å². The minimum Gasteiger partial charge on any atom is -0.493 e. The molecule has 1 aromatic rings. The average Bonchev–Trinajstić information content (AvgIpc) is 3.36. The maximum Gasteiger partial charge on any atom is 0.290 e. The van der Waals surface area contributed by atoms with E-state index in [2.05, 4.69) is 22.5 Å². The second-order valence-electron chi connectivity index (χ2n) is 7.92. The Morgan fingerprint density at radius 2 is 1.90 bits per heavy atom. The maximum atomic E-state index is 12.1. The van der Waals surface area contributed by atoms with Crippen molar-refractivity contribution < 1.29 is 19.1 Å². The second-order valence-corrected chi connectivity index (χ2v) is 8.93. The number of anilines is 1. The van der Waals surface area contributed by atoms with Gasteiger partial charge < -0.3 is 19.7 Å². The maximum absolute atomic E-state index is 12.1. The fourth-order valence-corrected chi connectivity index (χ4v) is 4.69. The molecular formula is C23H33N3O4S. The average molecular weight is 448 g/mol. The molecule has 0 bridgehead atoms. The molecule has 0 radical (unpaired) electrons. The third-order valence-electron chi connectivity index (χ3n) is 5.70. The minimum atomic E-state index is -0.361. The number of amides is 2. The van der Waals surface area contributed by atoms with Crippen LogP contribution in [0.5, 0.6) is 11.5 Å². The van der Waals surface area contributed by atoms with Gasteiger partial charge in [-0.15, -0.1) is 0 Å². The molecule has 1 atom stereocenters. The number of carbonyl (C=O) groups is 2. The number of unbranched alkanes of at least 4 members (excludes halogenated alkanes) is 4. The smallest absolute Gasteiger partial charge is 0.290 e. The summed E-state index contributed by atoms with van der Waals surface area (Å²) < 4.78 is 11.0. The van der Waals surface area contributed by atoms with E-state index in [1.54, 1.807) is 20.3 Å². The highest BCUT2D eigenvalue weighted by Gasteiger charge is 2.28. The molecule has 0 saturated carbocycles. The van der Waals surface area contributed by atoms with Gasteiger partial charge >= 0.3 is 0 Å². The van der Waals surface area contributed by atoms with Crippen LogP contribution in [-0.4, -0.2) is 51.0 Å². The van der Waals surface area contributed by atoms with Crippen molar-refractivity contribution in [1.82, 2.24) is 10.6 Å². The number of ether oxygens (including phenoxy) is 2. The molecular weight excluding hydrogens is 414 g/mol. The lowest BCUT2D eigenvalue weighted by Crippen LogP contribution is -2.33. The van der Waals surface area contributed by atoms with E-state index in [1.165, 1.54) is 32.1 Å². The first-order valence-electron chi connectivity index (χ1n) is 11.0. The van der Waals surface area contributed by atoms with E-state index in [-0.39, 0.29) is 11.1 Å². The van der Waals surface area contributed by atoms with E-state index in [4.69, 9.17) is 9.47 Å². The molecule has 170 valence electrons. The van der Waals surface area contributed by atoms with Gasteiger partial charge in [-0.25, -0.2) is 0 Å². The van der Waals surface area contributed by atoms with Gasteiger partial charge in [-0.3, -0.25) is 14.9 Å². The van der Waals surface area contributed by atoms with Crippen molar-refractivity contribution in [2.24, 2.45) is 0 Å². The summed E-state index contributed by atoms with van der Waals surface area (Å²) in [6, 6.07) is 4.26. The minimum absolute atomic E-state index is 0.345. The summed E-state index contributed by atoms with van der Waals surface area (Å²) in [4.78, 5) is 26.3. The van der Waals surface area contributed by atoms with Crippen molar-refractivity contribution in [2.45, 2.75) is 51.5 Å². The van der Waals surface area contributed by atoms with Gasteiger partial charge in [0.2, 0.25) is 0 Å². The van der Waals surface area contributed by atoms with Gasteiger partial charge in [-0.1, -0.05) is 32.6 Å². The molecule has 2 fully saturated rings. The van der Waals surface area contributed by atoms with E-state index in [0.717, 1.165) is 49.1 Å². The quantitative estimate of drug-likeness (QED) is 0.389. The molecule has 2 aliphatic heterocycles. The number of benzene rings is 1. The summed E-state index contributed by atoms with van der Waals surface area (Å²) in [5.41, 5.74) is 1.82. The van der Waals surface area contributed by atoms with Gasteiger partial charge in [0.05, 0.1) is 19.1 Å². The Labute approximate surface area is 188 Å². The van der Waals surface area contributed by atoms with Gasteiger partial charge in [0.15, 0.2) is 11.5 Å². The van der Waals surface area contributed by atoms with Gasteiger partial charge in [-0.2, -0.15) is 0 Å². The van der Waals surface area contributed by atoms with E-state index >= 15 is 0 Å². The van der Waals surface area contributed by atoms with Crippen molar-refractivity contribution in [3.8, 4) is 11.5 Å². The molecule has 8 heteroatoms. The van der Waals surface area contributed by atoms with Crippen LogP contribution in [0.2, 0.25) is 0 Å². The summed E-state index contributed by atoms with van der Waals surface area (Å²) in [5.74, 6) is 0.875. The molecule has 2 heterocycles. The van der Waals surface area contributed by atoms with Crippen LogP contribution in [-0.2, 0) is 4.79 Å². The Hall–Kier alpha value is -2.19. The predicted molar refractivity (Wildman–Crippen MR) is 126 cm³/mol. The van der Waals surface area contributed by atoms with Crippen LogP contribution in [0.25, 0.3) is 6.08 Å². The first-order valence-corrected chi connectivity index (χ1v) is 11.9. The molecule has 2 aliphatic rings. The fraction of sp³-hybridized carbons (Fsp3) is 0.565. The lowest BCUT2D eigenvalue weighted by molar-refractivity contribution is -0.115. The van der Waals surface area contributed by atoms with Crippen molar-refractivity contribution in [1.29, 1.82) is 0 Å². The van der Waals surface area contributed by atoms with Crippen molar-refractivity contribution in [3.05, 3.63) is 22.6 Å². The second kappa shape index (κ2) is 11.4. The summed E-state index contributed by atoms with van der Waals surface area (Å²) in [6.45, 7) is 5.08.